The molecule has 0 bridgehead atoms. The van der Waals surface area contributed by atoms with Crippen LogP contribution in [0.5, 0.6) is 0 Å². The van der Waals surface area contributed by atoms with Crippen molar-refractivity contribution in [2.45, 2.75) is 5.41 Å². The standard InChI is InChI=1S/C48H29N3S/c1-2-12-32(13-3-1)47-50-41(28-42(51-47)34-14-10-26-49-29-34)33-23-22-31-21-20-30-11-4-7-17-37(30)48(40(31)27-33)38-18-8-5-15-35(38)45-39(48)24-25-44-46(45)36-16-6-9-19-43(36)52-44/h1-29H. The summed E-state index contributed by atoms with van der Waals surface area (Å²) < 4.78 is 2.63. The van der Waals surface area contributed by atoms with Crippen LogP contribution in [0.15, 0.2) is 164 Å². The van der Waals surface area contributed by atoms with E-state index in [2.05, 4.69) is 145 Å². The predicted molar refractivity (Wildman–Crippen MR) is 215 cm³/mol. The summed E-state index contributed by atoms with van der Waals surface area (Å²) in [5.41, 5.74) is 14.4. The molecule has 9 aromatic rings. The van der Waals surface area contributed by atoms with E-state index in [4.69, 9.17) is 9.97 Å². The Bertz CT molecular complexity index is 2850. The molecule has 0 aliphatic heterocycles. The average molecular weight is 680 g/mol. The van der Waals surface area contributed by atoms with Crippen LogP contribution in [0.4, 0.5) is 0 Å². The van der Waals surface area contributed by atoms with Crippen molar-refractivity contribution in [2.24, 2.45) is 0 Å². The lowest BCUT2D eigenvalue weighted by atomic mass is 9.65. The molecule has 242 valence electrons. The minimum absolute atomic E-state index is 0.559. The number of hydrogen-bond acceptors (Lipinski definition) is 4. The van der Waals surface area contributed by atoms with E-state index in [1.165, 1.54) is 64.7 Å². The number of fused-ring (bicyclic) bond motifs is 13. The minimum atomic E-state index is -0.559. The number of pyridine rings is 1. The molecule has 11 rings (SSSR count). The number of nitrogens with zero attached hydrogens (tertiary/aromatic N) is 3. The Morgan fingerprint density at radius 3 is 2.08 bits per heavy atom. The van der Waals surface area contributed by atoms with E-state index in [0.717, 1.165) is 28.1 Å². The van der Waals surface area contributed by atoms with Crippen LogP contribution < -0.4 is 0 Å². The Kier molecular flexibility index (Phi) is 6.34. The lowest BCUT2D eigenvalue weighted by molar-refractivity contribution is 0.767. The van der Waals surface area contributed by atoms with E-state index in [-0.39, 0.29) is 0 Å². The van der Waals surface area contributed by atoms with Crippen LogP contribution in [0.2, 0.25) is 0 Å². The highest BCUT2D eigenvalue weighted by atomic mass is 32.1. The molecule has 3 nitrogen and oxygen atoms in total. The zero-order valence-electron chi connectivity index (χ0n) is 28.0. The lowest BCUT2D eigenvalue weighted by Gasteiger charge is -2.35. The molecule has 1 spiro atoms. The van der Waals surface area contributed by atoms with Gasteiger partial charge in [0.1, 0.15) is 0 Å². The van der Waals surface area contributed by atoms with Gasteiger partial charge in [-0.1, -0.05) is 127 Å². The SMILES string of the molecule is C1=Cc2ccc(-c3cc(-c4cccnc4)nc(-c4ccccc4)n3)cc2C2(c3ccccc31)c1ccccc1-c1c2ccc2sc3ccccc3c12. The molecule has 52 heavy (non-hydrogen) atoms. The second kappa shape index (κ2) is 11.3. The topological polar surface area (TPSA) is 38.7 Å². The third kappa shape index (κ3) is 4.16. The van der Waals surface area contributed by atoms with Crippen LogP contribution >= 0.6 is 11.3 Å². The van der Waals surface area contributed by atoms with Gasteiger partial charge in [0.2, 0.25) is 0 Å². The molecule has 3 heterocycles. The van der Waals surface area contributed by atoms with Gasteiger partial charge in [0.05, 0.1) is 16.8 Å². The highest BCUT2D eigenvalue weighted by Gasteiger charge is 2.49. The van der Waals surface area contributed by atoms with Gasteiger partial charge >= 0.3 is 0 Å². The number of hydrogen-bond donors (Lipinski definition) is 0. The van der Waals surface area contributed by atoms with Crippen LogP contribution in [0.3, 0.4) is 0 Å². The zero-order chi connectivity index (χ0) is 34.2. The first kappa shape index (κ1) is 29.3. The summed E-state index contributed by atoms with van der Waals surface area (Å²) in [6, 6.07) is 54.9. The molecule has 0 saturated heterocycles. The quantitative estimate of drug-likeness (QED) is 0.187. The van der Waals surface area contributed by atoms with E-state index in [1.54, 1.807) is 6.20 Å². The van der Waals surface area contributed by atoms with Crippen LogP contribution in [-0.4, -0.2) is 15.0 Å². The third-order valence-corrected chi connectivity index (χ3v) is 12.0. The first-order valence-electron chi connectivity index (χ1n) is 17.6. The van der Waals surface area contributed by atoms with E-state index >= 15 is 0 Å². The molecule has 1 unspecified atom stereocenters. The number of thiophene rings is 1. The number of aromatic nitrogens is 3. The molecule has 0 radical (unpaired) electrons. The van der Waals surface area contributed by atoms with Crippen molar-refractivity contribution < 1.29 is 0 Å². The molecule has 0 N–H and O–H groups in total. The molecule has 0 saturated carbocycles. The van der Waals surface area contributed by atoms with Gasteiger partial charge in [-0.15, -0.1) is 11.3 Å². The molecule has 2 aliphatic carbocycles. The van der Waals surface area contributed by atoms with Crippen LogP contribution in [0, 0.1) is 0 Å². The zero-order valence-corrected chi connectivity index (χ0v) is 28.8. The van der Waals surface area contributed by atoms with Gasteiger partial charge in [0, 0.05) is 49.3 Å². The molecular weight excluding hydrogens is 651 g/mol. The van der Waals surface area contributed by atoms with Gasteiger partial charge in [-0.3, -0.25) is 4.98 Å². The monoisotopic (exact) mass is 679 g/mol. The molecule has 4 heteroatoms. The maximum atomic E-state index is 5.24. The van der Waals surface area contributed by atoms with Gasteiger partial charge in [0.25, 0.3) is 0 Å². The van der Waals surface area contributed by atoms with Crippen LogP contribution in [0.1, 0.15) is 33.4 Å². The first-order chi connectivity index (χ1) is 25.8. The second-order valence-electron chi connectivity index (χ2n) is 13.5. The fourth-order valence-corrected chi connectivity index (χ4v) is 9.74. The number of rotatable bonds is 3. The highest BCUT2D eigenvalue weighted by molar-refractivity contribution is 7.26. The maximum Gasteiger partial charge on any atom is 0.160 e. The van der Waals surface area contributed by atoms with Crippen molar-refractivity contribution in [3.05, 3.63) is 197 Å². The molecular formula is C48H29N3S. The molecule has 3 aromatic heterocycles. The van der Waals surface area contributed by atoms with Crippen molar-refractivity contribution in [3.8, 4) is 45.0 Å². The van der Waals surface area contributed by atoms with E-state index in [0.29, 0.717) is 5.82 Å². The normalized spacial score (nSPS) is 15.3. The van der Waals surface area contributed by atoms with Crippen molar-refractivity contribution in [1.29, 1.82) is 0 Å². The summed E-state index contributed by atoms with van der Waals surface area (Å²) in [4.78, 5) is 14.7. The molecule has 0 fully saturated rings. The first-order valence-corrected chi connectivity index (χ1v) is 18.4. The molecule has 1 atom stereocenters. The second-order valence-corrected chi connectivity index (χ2v) is 14.6. The van der Waals surface area contributed by atoms with Gasteiger partial charge in [0.15, 0.2) is 5.82 Å². The smallest absolute Gasteiger partial charge is 0.160 e. The van der Waals surface area contributed by atoms with Gasteiger partial charge < -0.3 is 0 Å². The lowest BCUT2D eigenvalue weighted by Crippen LogP contribution is -2.30. The van der Waals surface area contributed by atoms with Gasteiger partial charge in [-0.25, -0.2) is 9.97 Å². The minimum Gasteiger partial charge on any atom is -0.264 e. The summed E-state index contributed by atoms with van der Waals surface area (Å²) >= 11 is 1.88. The Morgan fingerprint density at radius 2 is 1.21 bits per heavy atom. The Labute approximate surface area is 305 Å². The van der Waals surface area contributed by atoms with Gasteiger partial charge in [-0.05, 0) is 80.9 Å². The summed E-state index contributed by atoms with van der Waals surface area (Å²) in [5, 5.41) is 2.66. The summed E-state index contributed by atoms with van der Waals surface area (Å²) in [6.07, 6.45) is 8.25. The number of benzene rings is 6. The van der Waals surface area contributed by atoms with E-state index in [9.17, 15) is 0 Å². The van der Waals surface area contributed by atoms with Gasteiger partial charge in [-0.2, -0.15) is 0 Å². The third-order valence-electron chi connectivity index (χ3n) is 10.8. The Hall–Kier alpha value is -6.49. The molecule has 6 aromatic carbocycles. The summed E-state index contributed by atoms with van der Waals surface area (Å²) in [7, 11) is 0. The fraction of sp³-hybridized carbons (Fsp3) is 0.0208. The van der Waals surface area contributed by atoms with E-state index < -0.39 is 5.41 Å². The Morgan fingerprint density at radius 1 is 0.481 bits per heavy atom. The largest absolute Gasteiger partial charge is 0.264 e. The predicted octanol–water partition coefficient (Wildman–Crippen LogP) is 12.1. The summed E-state index contributed by atoms with van der Waals surface area (Å²) in [5.74, 6) is 0.690. The average Bonchev–Trinajstić information content (AvgIpc) is 3.69. The molecule has 0 amide bonds. The molecule has 2 aliphatic rings. The van der Waals surface area contributed by atoms with Crippen molar-refractivity contribution >= 4 is 43.7 Å². The van der Waals surface area contributed by atoms with Crippen LogP contribution in [-0.2, 0) is 5.41 Å². The van der Waals surface area contributed by atoms with E-state index in [1.807, 2.05) is 41.8 Å². The highest BCUT2D eigenvalue weighted by Crippen LogP contribution is 2.61. The van der Waals surface area contributed by atoms with Crippen molar-refractivity contribution in [1.82, 2.24) is 15.0 Å². The Balaban J connectivity index is 1.24. The van der Waals surface area contributed by atoms with Crippen molar-refractivity contribution in [2.75, 3.05) is 0 Å². The van der Waals surface area contributed by atoms with Crippen LogP contribution in [0.25, 0.3) is 77.4 Å². The van der Waals surface area contributed by atoms with Crippen molar-refractivity contribution in [3.63, 3.8) is 0 Å². The maximum absolute atomic E-state index is 5.24. The fourth-order valence-electron chi connectivity index (χ4n) is 8.63. The summed E-state index contributed by atoms with van der Waals surface area (Å²) in [6.45, 7) is 0.